The number of carbonyl (C=O) groups excluding carboxylic acids is 1. The Kier molecular flexibility index (Phi) is 6.36. The molecule has 0 aliphatic heterocycles. The summed E-state index contributed by atoms with van der Waals surface area (Å²) in [5.41, 5.74) is 1.01. The minimum Gasteiger partial charge on any atom is -0.469 e. The number of benzene rings is 1. The predicted octanol–water partition coefficient (Wildman–Crippen LogP) is 2.30. The summed E-state index contributed by atoms with van der Waals surface area (Å²) in [5, 5.41) is 3.30. The second kappa shape index (κ2) is 7.82. The number of halogens is 1. The van der Waals surface area contributed by atoms with Crippen LogP contribution in [0.2, 0.25) is 0 Å². The van der Waals surface area contributed by atoms with Crippen LogP contribution in [-0.4, -0.2) is 25.7 Å². The number of ether oxygens (including phenoxy) is 1. The fourth-order valence-corrected chi connectivity index (χ4v) is 1.75. The van der Waals surface area contributed by atoms with Gasteiger partial charge >= 0.3 is 5.97 Å². The van der Waals surface area contributed by atoms with E-state index in [4.69, 9.17) is 0 Å². The average molecular weight is 253 g/mol. The van der Waals surface area contributed by atoms with E-state index in [0.717, 1.165) is 18.5 Å². The molecule has 0 bridgehead atoms. The van der Waals surface area contributed by atoms with E-state index >= 15 is 0 Å². The maximum atomic E-state index is 12.8. The largest absolute Gasteiger partial charge is 0.469 e. The molecule has 0 fully saturated rings. The molecule has 1 aromatic rings. The summed E-state index contributed by atoms with van der Waals surface area (Å²) >= 11 is 0. The summed E-state index contributed by atoms with van der Waals surface area (Å²) < 4.78 is 17.5. The molecule has 0 aliphatic rings. The Bertz CT molecular complexity index is 365. The molecule has 0 saturated heterocycles. The van der Waals surface area contributed by atoms with Crippen LogP contribution in [0.3, 0.4) is 0 Å². The van der Waals surface area contributed by atoms with Gasteiger partial charge in [0.2, 0.25) is 0 Å². The molecule has 4 heteroatoms. The highest BCUT2D eigenvalue weighted by atomic mass is 19.1. The van der Waals surface area contributed by atoms with Gasteiger partial charge in [-0.1, -0.05) is 19.1 Å². The van der Waals surface area contributed by atoms with Crippen LogP contribution >= 0.6 is 0 Å². The maximum Gasteiger partial charge on any atom is 0.307 e. The molecule has 18 heavy (non-hydrogen) atoms. The Morgan fingerprint density at radius 3 is 2.61 bits per heavy atom. The molecular formula is C14H20FNO2. The lowest BCUT2D eigenvalue weighted by molar-refractivity contribution is -0.141. The molecule has 0 saturated carbocycles. The number of rotatable bonds is 7. The number of nitrogens with one attached hydrogen (secondary N) is 1. The highest BCUT2D eigenvalue weighted by Gasteiger charge is 2.14. The van der Waals surface area contributed by atoms with Crippen molar-refractivity contribution in [3.8, 4) is 0 Å². The maximum absolute atomic E-state index is 12.8. The minimum atomic E-state index is -0.246. The van der Waals surface area contributed by atoms with Gasteiger partial charge in [0.15, 0.2) is 0 Å². The third-order valence-electron chi connectivity index (χ3n) is 2.72. The topological polar surface area (TPSA) is 38.3 Å². The van der Waals surface area contributed by atoms with E-state index in [1.807, 2.05) is 0 Å². The minimum absolute atomic E-state index is 0.0304. The summed E-state index contributed by atoms with van der Waals surface area (Å²) in [4.78, 5) is 11.3. The smallest absolute Gasteiger partial charge is 0.307 e. The van der Waals surface area contributed by atoms with Gasteiger partial charge in [-0.3, -0.25) is 4.79 Å². The van der Waals surface area contributed by atoms with Crippen LogP contribution in [0.4, 0.5) is 4.39 Å². The molecular weight excluding hydrogens is 233 g/mol. The van der Waals surface area contributed by atoms with Gasteiger partial charge in [-0.15, -0.1) is 0 Å². The van der Waals surface area contributed by atoms with Crippen LogP contribution in [0.5, 0.6) is 0 Å². The van der Waals surface area contributed by atoms with Crippen molar-refractivity contribution in [2.24, 2.45) is 0 Å². The number of methoxy groups -OCH3 is 1. The van der Waals surface area contributed by atoms with Crippen LogP contribution in [0.25, 0.3) is 0 Å². The second-order valence-corrected chi connectivity index (χ2v) is 4.26. The van der Waals surface area contributed by atoms with Crippen LogP contribution in [0, 0.1) is 5.82 Å². The zero-order valence-corrected chi connectivity index (χ0v) is 10.9. The van der Waals surface area contributed by atoms with Gasteiger partial charge in [-0.2, -0.15) is 0 Å². The third kappa shape index (κ3) is 5.27. The number of hydrogen-bond acceptors (Lipinski definition) is 3. The van der Waals surface area contributed by atoms with Crippen molar-refractivity contribution in [1.29, 1.82) is 0 Å². The Hall–Kier alpha value is -1.42. The lowest BCUT2D eigenvalue weighted by atomic mass is 10.0. The van der Waals surface area contributed by atoms with Gasteiger partial charge in [0.25, 0.3) is 0 Å². The molecule has 0 aliphatic carbocycles. The van der Waals surface area contributed by atoms with Crippen molar-refractivity contribution in [3.63, 3.8) is 0 Å². The number of carbonyl (C=O) groups is 1. The average Bonchev–Trinajstić information content (AvgIpc) is 2.38. The van der Waals surface area contributed by atoms with Crippen LogP contribution in [0.15, 0.2) is 24.3 Å². The Labute approximate surface area is 107 Å². The van der Waals surface area contributed by atoms with E-state index in [-0.39, 0.29) is 17.8 Å². The van der Waals surface area contributed by atoms with Gasteiger partial charge in [-0.25, -0.2) is 4.39 Å². The molecule has 0 heterocycles. The van der Waals surface area contributed by atoms with Gasteiger partial charge in [-0.05, 0) is 37.1 Å². The van der Waals surface area contributed by atoms with Gasteiger partial charge in [0.05, 0.1) is 13.5 Å². The molecule has 1 unspecified atom stereocenters. The van der Waals surface area contributed by atoms with Crippen molar-refractivity contribution in [1.82, 2.24) is 5.32 Å². The number of hydrogen-bond donors (Lipinski definition) is 1. The summed E-state index contributed by atoms with van der Waals surface area (Å²) in [5.74, 6) is -0.476. The first-order valence-corrected chi connectivity index (χ1v) is 6.20. The fourth-order valence-electron chi connectivity index (χ4n) is 1.75. The highest BCUT2D eigenvalue weighted by Crippen LogP contribution is 2.08. The van der Waals surface area contributed by atoms with E-state index in [1.54, 1.807) is 12.1 Å². The SMILES string of the molecule is CCCNC(CC(=O)OC)Cc1ccc(F)cc1. The van der Waals surface area contributed by atoms with E-state index in [1.165, 1.54) is 19.2 Å². The third-order valence-corrected chi connectivity index (χ3v) is 2.72. The number of esters is 1. The zero-order valence-electron chi connectivity index (χ0n) is 10.9. The van der Waals surface area contributed by atoms with Crippen molar-refractivity contribution < 1.29 is 13.9 Å². The molecule has 0 aromatic heterocycles. The summed E-state index contributed by atoms with van der Waals surface area (Å²) in [6.07, 6.45) is 2.02. The van der Waals surface area contributed by atoms with Crippen molar-refractivity contribution in [3.05, 3.63) is 35.6 Å². The molecule has 3 nitrogen and oxygen atoms in total. The second-order valence-electron chi connectivity index (χ2n) is 4.26. The lowest BCUT2D eigenvalue weighted by Gasteiger charge is -2.17. The van der Waals surface area contributed by atoms with E-state index < -0.39 is 0 Å². The molecule has 1 rings (SSSR count). The standard InChI is InChI=1S/C14H20FNO2/c1-3-8-16-13(10-14(17)18-2)9-11-4-6-12(15)7-5-11/h4-7,13,16H,3,8-10H2,1-2H3. The van der Waals surface area contributed by atoms with Crippen LogP contribution in [-0.2, 0) is 16.0 Å². The molecule has 100 valence electrons. The van der Waals surface area contributed by atoms with Gasteiger partial charge in [0.1, 0.15) is 5.82 Å². The summed E-state index contributed by atoms with van der Waals surface area (Å²) in [6, 6.07) is 6.39. The van der Waals surface area contributed by atoms with Gasteiger partial charge in [0, 0.05) is 6.04 Å². The van der Waals surface area contributed by atoms with Crippen molar-refractivity contribution >= 4 is 5.97 Å². The summed E-state index contributed by atoms with van der Waals surface area (Å²) in [7, 11) is 1.39. The molecule has 1 N–H and O–H groups in total. The van der Waals surface area contributed by atoms with E-state index in [2.05, 4.69) is 17.0 Å². The van der Waals surface area contributed by atoms with Crippen molar-refractivity contribution in [2.45, 2.75) is 32.2 Å². The zero-order chi connectivity index (χ0) is 13.4. The van der Waals surface area contributed by atoms with Gasteiger partial charge < -0.3 is 10.1 Å². The van der Waals surface area contributed by atoms with Crippen molar-refractivity contribution in [2.75, 3.05) is 13.7 Å². The monoisotopic (exact) mass is 253 g/mol. The molecule has 0 radical (unpaired) electrons. The molecule has 1 atom stereocenters. The molecule has 1 aromatic carbocycles. The molecule has 0 spiro atoms. The lowest BCUT2D eigenvalue weighted by Crippen LogP contribution is -2.34. The normalized spacial score (nSPS) is 12.2. The summed E-state index contributed by atoms with van der Waals surface area (Å²) in [6.45, 7) is 2.92. The Morgan fingerprint density at radius 2 is 2.06 bits per heavy atom. The van der Waals surface area contributed by atoms with E-state index in [9.17, 15) is 9.18 Å². The first-order valence-electron chi connectivity index (χ1n) is 6.20. The molecule has 0 amide bonds. The first-order chi connectivity index (χ1) is 8.65. The highest BCUT2D eigenvalue weighted by molar-refractivity contribution is 5.69. The Morgan fingerprint density at radius 1 is 1.39 bits per heavy atom. The van der Waals surface area contributed by atoms with Crippen LogP contribution in [0.1, 0.15) is 25.3 Å². The van der Waals surface area contributed by atoms with Crippen LogP contribution < -0.4 is 5.32 Å². The Balaban J connectivity index is 2.59. The first kappa shape index (κ1) is 14.6. The predicted molar refractivity (Wildman–Crippen MR) is 68.8 cm³/mol. The fraction of sp³-hybridized carbons (Fsp3) is 0.500. The quantitative estimate of drug-likeness (QED) is 0.758. The van der Waals surface area contributed by atoms with E-state index in [0.29, 0.717) is 12.8 Å².